The number of thioether (sulfide) groups is 1. The van der Waals surface area contributed by atoms with Gasteiger partial charge in [0.25, 0.3) is 0 Å². The summed E-state index contributed by atoms with van der Waals surface area (Å²) in [6.45, 7) is 1.40. The van der Waals surface area contributed by atoms with Crippen LogP contribution in [0.15, 0.2) is 12.1 Å². The molecule has 21 heavy (non-hydrogen) atoms. The molecule has 7 heteroatoms. The molecular formula is C14H20O6S. The van der Waals surface area contributed by atoms with Crippen molar-refractivity contribution in [1.29, 1.82) is 0 Å². The quantitative estimate of drug-likeness (QED) is 0.786. The van der Waals surface area contributed by atoms with Crippen LogP contribution in [0.4, 0.5) is 0 Å². The monoisotopic (exact) mass is 316 g/mol. The number of hydrogen-bond donors (Lipinski definition) is 2. The molecule has 2 unspecified atom stereocenters. The Balaban J connectivity index is 3.08. The van der Waals surface area contributed by atoms with Gasteiger partial charge in [0.2, 0.25) is 5.75 Å². The van der Waals surface area contributed by atoms with Crippen LogP contribution in [0.25, 0.3) is 0 Å². The number of hydrogen-bond acceptors (Lipinski definition) is 7. The number of ether oxygens (including phenoxy) is 3. The van der Waals surface area contributed by atoms with E-state index in [4.69, 9.17) is 14.2 Å². The van der Waals surface area contributed by atoms with Crippen LogP contribution in [0.1, 0.15) is 18.6 Å². The lowest BCUT2D eigenvalue weighted by Crippen LogP contribution is -2.22. The topological polar surface area (TPSA) is 85.2 Å². The molecule has 0 saturated carbocycles. The van der Waals surface area contributed by atoms with Crippen molar-refractivity contribution in [2.24, 2.45) is 0 Å². The summed E-state index contributed by atoms with van der Waals surface area (Å²) in [5.41, 5.74) is 0.367. The van der Waals surface area contributed by atoms with E-state index in [0.717, 1.165) is 11.8 Å². The van der Waals surface area contributed by atoms with Gasteiger partial charge in [-0.2, -0.15) is 0 Å². The van der Waals surface area contributed by atoms with Crippen LogP contribution >= 0.6 is 11.8 Å². The zero-order valence-electron chi connectivity index (χ0n) is 12.5. The number of methoxy groups -OCH3 is 3. The van der Waals surface area contributed by atoms with E-state index in [2.05, 4.69) is 0 Å². The van der Waals surface area contributed by atoms with Crippen molar-refractivity contribution >= 4 is 16.9 Å². The Kier molecular flexibility index (Phi) is 6.80. The zero-order valence-corrected chi connectivity index (χ0v) is 13.3. The Hall–Kier alpha value is -1.44. The first-order chi connectivity index (χ1) is 9.96. The first-order valence-corrected chi connectivity index (χ1v) is 7.23. The molecule has 0 aliphatic rings. The molecule has 2 N–H and O–H groups in total. The number of rotatable bonds is 7. The summed E-state index contributed by atoms with van der Waals surface area (Å²) in [6, 6.07) is 3.21. The van der Waals surface area contributed by atoms with Gasteiger partial charge in [-0.3, -0.25) is 4.79 Å². The van der Waals surface area contributed by atoms with E-state index in [0.29, 0.717) is 17.1 Å². The molecule has 0 bridgehead atoms. The summed E-state index contributed by atoms with van der Waals surface area (Å²) >= 11 is 0.948. The van der Waals surface area contributed by atoms with E-state index in [9.17, 15) is 15.0 Å². The smallest absolute Gasteiger partial charge is 0.203 e. The molecule has 0 amide bonds. The predicted molar refractivity (Wildman–Crippen MR) is 80.2 cm³/mol. The highest BCUT2D eigenvalue weighted by Gasteiger charge is 2.26. The Bertz CT molecular complexity index is 491. The fourth-order valence-electron chi connectivity index (χ4n) is 1.86. The van der Waals surface area contributed by atoms with Crippen LogP contribution in [-0.2, 0) is 4.79 Å². The molecule has 6 nitrogen and oxygen atoms in total. The molecule has 0 aliphatic carbocycles. The van der Waals surface area contributed by atoms with Crippen molar-refractivity contribution in [2.75, 3.05) is 27.1 Å². The van der Waals surface area contributed by atoms with Crippen molar-refractivity contribution in [2.45, 2.75) is 19.1 Å². The van der Waals surface area contributed by atoms with Gasteiger partial charge in [0.05, 0.1) is 27.4 Å². The summed E-state index contributed by atoms with van der Waals surface area (Å²) in [5.74, 6) is 1.17. The van der Waals surface area contributed by atoms with Crippen molar-refractivity contribution in [3.8, 4) is 17.2 Å². The van der Waals surface area contributed by atoms with Crippen LogP contribution in [0.2, 0.25) is 0 Å². The molecule has 1 aromatic carbocycles. The Morgan fingerprint density at radius 3 is 2.24 bits per heavy atom. The third-order valence-electron chi connectivity index (χ3n) is 2.88. The molecule has 0 fully saturated rings. The summed E-state index contributed by atoms with van der Waals surface area (Å²) in [6.07, 6.45) is -2.31. The highest BCUT2D eigenvalue weighted by Crippen LogP contribution is 2.42. The van der Waals surface area contributed by atoms with E-state index in [1.54, 1.807) is 12.1 Å². The number of aliphatic hydroxyl groups excluding tert-OH is 2. The Morgan fingerprint density at radius 2 is 1.76 bits per heavy atom. The maximum absolute atomic E-state index is 10.9. The molecule has 1 aromatic rings. The lowest BCUT2D eigenvalue weighted by molar-refractivity contribution is -0.109. The molecule has 0 radical (unpaired) electrons. The van der Waals surface area contributed by atoms with Crippen LogP contribution in [0, 0.1) is 0 Å². The number of benzene rings is 1. The SMILES string of the molecule is COc1ccc(C(O)C(O)CSC(C)=O)c(OC)c1OC. The molecule has 0 heterocycles. The Labute approximate surface area is 128 Å². The lowest BCUT2D eigenvalue weighted by atomic mass is 10.0. The lowest BCUT2D eigenvalue weighted by Gasteiger charge is -2.22. The standard InChI is InChI=1S/C14H20O6S/c1-8(15)21-7-10(16)12(17)9-5-6-11(18-2)14(20-4)13(9)19-3/h5-6,10,12,16-17H,7H2,1-4H3. The van der Waals surface area contributed by atoms with Gasteiger partial charge in [0, 0.05) is 18.2 Å². The summed E-state index contributed by atoms with van der Waals surface area (Å²) in [5, 5.41) is 20.1. The third-order valence-corrected chi connectivity index (χ3v) is 3.79. The van der Waals surface area contributed by atoms with E-state index < -0.39 is 12.2 Å². The van der Waals surface area contributed by atoms with Crippen molar-refractivity contribution in [3.05, 3.63) is 17.7 Å². The molecule has 0 aliphatic heterocycles. The molecule has 0 aromatic heterocycles. The summed E-state index contributed by atoms with van der Waals surface area (Å²) in [7, 11) is 4.38. The minimum atomic E-state index is -1.20. The van der Waals surface area contributed by atoms with Crippen molar-refractivity contribution in [1.82, 2.24) is 0 Å². The third kappa shape index (κ3) is 4.26. The second-order valence-corrected chi connectivity index (χ2v) is 5.44. The largest absolute Gasteiger partial charge is 0.493 e. The maximum atomic E-state index is 10.9. The first kappa shape index (κ1) is 17.6. The van der Waals surface area contributed by atoms with E-state index in [1.165, 1.54) is 28.3 Å². The zero-order chi connectivity index (χ0) is 16.0. The van der Waals surface area contributed by atoms with Gasteiger partial charge in [-0.15, -0.1) is 0 Å². The average molecular weight is 316 g/mol. The molecular weight excluding hydrogens is 296 g/mol. The second kappa shape index (κ2) is 8.11. The van der Waals surface area contributed by atoms with Crippen LogP contribution in [0.3, 0.4) is 0 Å². The highest BCUT2D eigenvalue weighted by molar-refractivity contribution is 8.13. The van der Waals surface area contributed by atoms with E-state index in [1.807, 2.05) is 0 Å². The van der Waals surface area contributed by atoms with Gasteiger partial charge in [0.1, 0.15) is 6.10 Å². The van der Waals surface area contributed by atoms with Gasteiger partial charge in [-0.05, 0) is 12.1 Å². The minimum absolute atomic E-state index is 0.0913. The Morgan fingerprint density at radius 1 is 1.14 bits per heavy atom. The maximum Gasteiger partial charge on any atom is 0.203 e. The molecule has 1 rings (SSSR count). The van der Waals surface area contributed by atoms with Crippen molar-refractivity contribution in [3.63, 3.8) is 0 Å². The van der Waals surface area contributed by atoms with E-state index >= 15 is 0 Å². The fraction of sp³-hybridized carbons (Fsp3) is 0.500. The van der Waals surface area contributed by atoms with E-state index in [-0.39, 0.29) is 16.6 Å². The normalized spacial score (nSPS) is 13.4. The highest BCUT2D eigenvalue weighted by atomic mass is 32.2. The van der Waals surface area contributed by atoms with Crippen LogP contribution < -0.4 is 14.2 Å². The summed E-state index contributed by atoms with van der Waals surface area (Å²) in [4.78, 5) is 10.9. The number of aliphatic hydroxyl groups is 2. The van der Waals surface area contributed by atoms with Gasteiger partial charge < -0.3 is 24.4 Å². The average Bonchev–Trinajstić information content (AvgIpc) is 2.49. The molecule has 0 spiro atoms. The van der Waals surface area contributed by atoms with Crippen LogP contribution in [0.5, 0.6) is 17.2 Å². The van der Waals surface area contributed by atoms with Gasteiger partial charge in [-0.25, -0.2) is 0 Å². The predicted octanol–water partition coefficient (Wildman–Crippen LogP) is 1.39. The second-order valence-electron chi connectivity index (χ2n) is 4.24. The molecule has 118 valence electrons. The summed E-state index contributed by atoms with van der Waals surface area (Å²) < 4.78 is 15.6. The number of carbonyl (C=O) groups excluding carboxylic acids is 1. The van der Waals surface area contributed by atoms with Crippen molar-refractivity contribution < 1.29 is 29.2 Å². The minimum Gasteiger partial charge on any atom is -0.493 e. The van der Waals surface area contributed by atoms with Gasteiger partial charge in [0.15, 0.2) is 16.6 Å². The van der Waals surface area contributed by atoms with Gasteiger partial charge >= 0.3 is 0 Å². The fourth-order valence-corrected chi connectivity index (χ4v) is 2.45. The number of carbonyl (C=O) groups is 1. The molecule has 2 atom stereocenters. The van der Waals surface area contributed by atoms with Crippen LogP contribution in [-0.4, -0.2) is 48.5 Å². The van der Waals surface area contributed by atoms with Gasteiger partial charge in [-0.1, -0.05) is 11.8 Å². The molecule has 0 saturated heterocycles. The first-order valence-electron chi connectivity index (χ1n) is 6.24.